The van der Waals surface area contributed by atoms with Crippen LogP contribution in [-0.4, -0.2) is 15.9 Å². The van der Waals surface area contributed by atoms with Crippen molar-refractivity contribution in [3.63, 3.8) is 0 Å². The summed E-state index contributed by atoms with van der Waals surface area (Å²) in [6, 6.07) is 8.32. The van der Waals surface area contributed by atoms with E-state index in [9.17, 15) is 4.79 Å². The third kappa shape index (κ3) is 1.97. The largest absolute Gasteiger partial charge is 0.344 e. The van der Waals surface area contributed by atoms with Gasteiger partial charge in [0.15, 0.2) is 0 Å². The van der Waals surface area contributed by atoms with Crippen LogP contribution in [-0.2, 0) is 6.42 Å². The van der Waals surface area contributed by atoms with Crippen molar-refractivity contribution in [2.45, 2.75) is 18.9 Å². The summed E-state index contributed by atoms with van der Waals surface area (Å²) in [4.78, 5) is 19.9. The number of nitrogens with one attached hydrogen (secondary N) is 1. The van der Waals surface area contributed by atoms with E-state index in [0.717, 1.165) is 12.8 Å². The third-order valence-electron chi connectivity index (χ3n) is 3.23. The first-order valence-electron chi connectivity index (χ1n) is 5.99. The van der Waals surface area contributed by atoms with Gasteiger partial charge >= 0.3 is 0 Å². The second-order valence-corrected chi connectivity index (χ2v) is 4.35. The zero-order chi connectivity index (χ0) is 12.4. The van der Waals surface area contributed by atoms with E-state index in [0.29, 0.717) is 5.69 Å². The predicted molar refractivity (Wildman–Crippen MR) is 67.0 cm³/mol. The Hall–Kier alpha value is -2.23. The number of carbonyl (C=O) groups is 1. The van der Waals surface area contributed by atoms with Gasteiger partial charge in [-0.2, -0.15) is 0 Å². The molecule has 1 heterocycles. The van der Waals surface area contributed by atoms with Crippen molar-refractivity contribution in [2.24, 2.45) is 0 Å². The molecule has 1 atom stereocenters. The Morgan fingerprint density at radius 3 is 3.00 bits per heavy atom. The summed E-state index contributed by atoms with van der Waals surface area (Å²) in [5, 5.41) is 3.01. The molecule has 1 N–H and O–H groups in total. The molecule has 1 aromatic heterocycles. The highest BCUT2D eigenvalue weighted by molar-refractivity contribution is 5.92. The van der Waals surface area contributed by atoms with E-state index in [4.69, 9.17) is 0 Å². The number of fused-ring (bicyclic) bond motifs is 1. The van der Waals surface area contributed by atoms with Crippen molar-refractivity contribution in [2.75, 3.05) is 0 Å². The number of aryl methyl sites for hydroxylation is 1. The average Bonchev–Trinajstić information content (AvgIpc) is 2.83. The van der Waals surface area contributed by atoms with Crippen LogP contribution < -0.4 is 5.32 Å². The molecule has 90 valence electrons. The van der Waals surface area contributed by atoms with Crippen LogP contribution in [0.5, 0.6) is 0 Å². The molecule has 1 aliphatic rings. The highest BCUT2D eigenvalue weighted by Crippen LogP contribution is 2.30. The molecule has 0 unspecified atom stereocenters. The second-order valence-electron chi connectivity index (χ2n) is 4.35. The number of carbonyl (C=O) groups excluding carboxylic acids is 1. The number of hydrogen-bond acceptors (Lipinski definition) is 3. The van der Waals surface area contributed by atoms with E-state index in [1.54, 1.807) is 6.20 Å². The summed E-state index contributed by atoms with van der Waals surface area (Å²) in [6.45, 7) is 0. The van der Waals surface area contributed by atoms with Crippen LogP contribution in [0.3, 0.4) is 0 Å². The molecular weight excluding hydrogens is 226 g/mol. The summed E-state index contributed by atoms with van der Waals surface area (Å²) in [7, 11) is 0. The van der Waals surface area contributed by atoms with Crippen LogP contribution in [0.1, 0.15) is 34.1 Å². The molecule has 0 saturated carbocycles. The van der Waals surface area contributed by atoms with E-state index in [1.165, 1.54) is 23.5 Å². The molecule has 4 heteroatoms. The van der Waals surface area contributed by atoms with Crippen LogP contribution in [0.25, 0.3) is 0 Å². The standard InChI is InChI=1S/C14H13N3O/c18-14(13-9-15-7-8-16-13)17-12-6-5-10-3-1-2-4-11(10)12/h1-4,7-9,12H,5-6H2,(H,17,18)/t12-/m0/s1. The molecular formula is C14H13N3O. The molecule has 0 saturated heterocycles. The van der Waals surface area contributed by atoms with Crippen LogP contribution in [0.4, 0.5) is 0 Å². The lowest BCUT2D eigenvalue weighted by atomic mass is 10.1. The molecule has 0 bridgehead atoms. The topological polar surface area (TPSA) is 54.9 Å². The lowest BCUT2D eigenvalue weighted by Crippen LogP contribution is -2.27. The minimum atomic E-state index is -0.162. The van der Waals surface area contributed by atoms with Gasteiger partial charge in [0.25, 0.3) is 5.91 Å². The molecule has 3 rings (SSSR count). The highest BCUT2D eigenvalue weighted by Gasteiger charge is 2.23. The van der Waals surface area contributed by atoms with Crippen LogP contribution in [0.2, 0.25) is 0 Å². The fourth-order valence-corrected chi connectivity index (χ4v) is 2.36. The molecule has 0 radical (unpaired) electrons. The molecule has 2 aromatic rings. The summed E-state index contributed by atoms with van der Waals surface area (Å²) in [6.07, 6.45) is 6.53. The number of rotatable bonds is 2. The number of hydrogen-bond donors (Lipinski definition) is 1. The predicted octanol–water partition coefficient (Wildman–Crippen LogP) is 1.89. The normalized spacial score (nSPS) is 17.2. The maximum absolute atomic E-state index is 12.0. The first-order valence-corrected chi connectivity index (χ1v) is 5.99. The number of benzene rings is 1. The van der Waals surface area contributed by atoms with Crippen LogP contribution in [0.15, 0.2) is 42.9 Å². The maximum Gasteiger partial charge on any atom is 0.271 e. The molecule has 0 spiro atoms. The summed E-state index contributed by atoms with van der Waals surface area (Å²) in [5.74, 6) is -0.162. The van der Waals surface area contributed by atoms with E-state index in [2.05, 4.69) is 27.4 Å². The molecule has 1 aromatic carbocycles. The Kier molecular flexibility index (Phi) is 2.76. The van der Waals surface area contributed by atoms with Gasteiger partial charge in [-0.1, -0.05) is 24.3 Å². The Morgan fingerprint density at radius 2 is 2.17 bits per heavy atom. The first kappa shape index (κ1) is 10.9. The first-order chi connectivity index (χ1) is 8.84. The van der Waals surface area contributed by atoms with Crippen molar-refractivity contribution < 1.29 is 4.79 Å². The van der Waals surface area contributed by atoms with Crippen LogP contribution in [0, 0.1) is 0 Å². The number of nitrogens with zero attached hydrogens (tertiary/aromatic N) is 2. The SMILES string of the molecule is O=C(N[C@H]1CCc2ccccc21)c1cnccn1. The molecule has 18 heavy (non-hydrogen) atoms. The molecule has 0 fully saturated rings. The Labute approximate surface area is 105 Å². The smallest absolute Gasteiger partial charge is 0.271 e. The van der Waals surface area contributed by atoms with Gasteiger partial charge in [-0.15, -0.1) is 0 Å². The lowest BCUT2D eigenvalue weighted by Gasteiger charge is -2.13. The van der Waals surface area contributed by atoms with E-state index in [1.807, 2.05) is 12.1 Å². The minimum Gasteiger partial charge on any atom is -0.344 e. The number of amides is 1. The maximum atomic E-state index is 12.0. The van der Waals surface area contributed by atoms with Gasteiger partial charge in [0.05, 0.1) is 12.2 Å². The quantitative estimate of drug-likeness (QED) is 0.870. The minimum absolute atomic E-state index is 0.0932. The molecule has 4 nitrogen and oxygen atoms in total. The number of aromatic nitrogens is 2. The van der Waals surface area contributed by atoms with Gasteiger partial charge < -0.3 is 5.32 Å². The summed E-state index contributed by atoms with van der Waals surface area (Å²) >= 11 is 0. The Morgan fingerprint density at radius 1 is 1.28 bits per heavy atom. The van der Waals surface area contributed by atoms with Gasteiger partial charge in [-0.3, -0.25) is 9.78 Å². The highest BCUT2D eigenvalue weighted by atomic mass is 16.1. The zero-order valence-corrected chi connectivity index (χ0v) is 9.84. The molecule has 0 aliphatic heterocycles. The second kappa shape index (κ2) is 4.56. The fraction of sp³-hybridized carbons (Fsp3) is 0.214. The van der Waals surface area contributed by atoms with E-state index < -0.39 is 0 Å². The summed E-state index contributed by atoms with van der Waals surface area (Å²) in [5.41, 5.74) is 2.90. The van der Waals surface area contributed by atoms with Gasteiger partial charge in [0.1, 0.15) is 5.69 Å². The third-order valence-corrected chi connectivity index (χ3v) is 3.23. The molecule has 1 aliphatic carbocycles. The Bertz CT molecular complexity index is 568. The van der Waals surface area contributed by atoms with Crippen LogP contribution >= 0.6 is 0 Å². The lowest BCUT2D eigenvalue weighted by molar-refractivity contribution is 0.0931. The van der Waals surface area contributed by atoms with Crippen molar-refractivity contribution in [3.8, 4) is 0 Å². The van der Waals surface area contributed by atoms with Gasteiger partial charge in [-0.25, -0.2) is 4.98 Å². The van der Waals surface area contributed by atoms with Crippen molar-refractivity contribution in [1.82, 2.24) is 15.3 Å². The zero-order valence-electron chi connectivity index (χ0n) is 9.84. The average molecular weight is 239 g/mol. The van der Waals surface area contributed by atoms with Gasteiger partial charge in [0.2, 0.25) is 0 Å². The van der Waals surface area contributed by atoms with Gasteiger partial charge in [0, 0.05) is 12.4 Å². The fourth-order valence-electron chi connectivity index (χ4n) is 2.36. The molecule has 1 amide bonds. The van der Waals surface area contributed by atoms with Crippen molar-refractivity contribution in [3.05, 3.63) is 59.7 Å². The summed E-state index contributed by atoms with van der Waals surface area (Å²) < 4.78 is 0. The Balaban J connectivity index is 1.77. The van der Waals surface area contributed by atoms with Crippen molar-refractivity contribution >= 4 is 5.91 Å². The van der Waals surface area contributed by atoms with Crippen molar-refractivity contribution in [1.29, 1.82) is 0 Å². The van der Waals surface area contributed by atoms with Gasteiger partial charge in [-0.05, 0) is 24.0 Å². The van der Waals surface area contributed by atoms with E-state index in [-0.39, 0.29) is 11.9 Å². The monoisotopic (exact) mass is 239 g/mol. The van der Waals surface area contributed by atoms with E-state index >= 15 is 0 Å².